The van der Waals surface area contributed by atoms with Crippen LogP contribution in [-0.4, -0.2) is 19.1 Å². The molecule has 0 spiro atoms. The lowest BCUT2D eigenvalue weighted by atomic mass is 9.97. The summed E-state index contributed by atoms with van der Waals surface area (Å²) in [5.41, 5.74) is 2.77. The van der Waals surface area contributed by atoms with Gasteiger partial charge in [0.25, 0.3) is 10.0 Å². The highest BCUT2D eigenvalue weighted by Crippen LogP contribution is 2.37. The van der Waals surface area contributed by atoms with Crippen LogP contribution in [0, 0.1) is 13.8 Å². The molecule has 0 aliphatic rings. The second-order valence-corrected chi connectivity index (χ2v) is 9.77. The van der Waals surface area contributed by atoms with Crippen molar-refractivity contribution in [1.82, 2.24) is 0 Å². The summed E-state index contributed by atoms with van der Waals surface area (Å²) in [7, 11) is -3.87. The molecule has 1 N–H and O–H groups in total. The highest BCUT2D eigenvalue weighted by molar-refractivity contribution is 7.93. The lowest BCUT2D eigenvalue weighted by Gasteiger charge is -2.29. The molecule has 5 heteroatoms. The largest absolute Gasteiger partial charge is 0.390 e. The first-order valence-electron chi connectivity index (χ1n) is 9.57. The van der Waals surface area contributed by atoms with Crippen LogP contribution in [0.2, 0.25) is 0 Å². The molecule has 0 heterocycles. The zero-order valence-electron chi connectivity index (χ0n) is 17.3. The summed E-state index contributed by atoms with van der Waals surface area (Å²) >= 11 is 0. The van der Waals surface area contributed by atoms with E-state index in [9.17, 15) is 13.5 Å². The molecule has 152 valence electrons. The van der Waals surface area contributed by atoms with Crippen LogP contribution < -0.4 is 4.31 Å². The fourth-order valence-electron chi connectivity index (χ4n) is 3.32. The quantitative estimate of drug-likeness (QED) is 0.613. The Balaban J connectivity index is 2.27. The van der Waals surface area contributed by atoms with Gasteiger partial charge in [-0.1, -0.05) is 54.1 Å². The fraction of sp³-hybridized carbons (Fsp3) is 0.250. The molecule has 0 fully saturated rings. The standard InChI is InChI=1S/C24H27NO3S/c1-18-13-15-21(16-14-18)29(27,28)25(22-11-7-5-9-19(22)2)23-12-8-6-10-20(23)17-24(3,4)26/h5-16,26H,17H2,1-4H3. The molecule has 29 heavy (non-hydrogen) atoms. The van der Waals surface area contributed by atoms with Crippen molar-refractivity contribution < 1.29 is 13.5 Å². The number of sulfonamides is 1. The normalized spacial score (nSPS) is 12.0. The minimum Gasteiger partial charge on any atom is -0.390 e. The zero-order chi connectivity index (χ0) is 21.2. The molecule has 0 saturated heterocycles. The summed E-state index contributed by atoms with van der Waals surface area (Å²) in [5.74, 6) is 0. The average molecular weight is 410 g/mol. The molecule has 0 aliphatic carbocycles. The van der Waals surface area contributed by atoms with Crippen LogP contribution in [-0.2, 0) is 16.4 Å². The van der Waals surface area contributed by atoms with E-state index in [1.165, 1.54) is 4.31 Å². The van der Waals surface area contributed by atoms with E-state index in [0.717, 1.165) is 16.7 Å². The van der Waals surface area contributed by atoms with Gasteiger partial charge in [0.15, 0.2) is 0 Å². The second kappa shape index (κ2) is 8.01. The van der Waals surface area contributed by atoms with Gasteiger partial charge in [-0.05, 0) is 63.1 Å². The molecule has 3 rings (SSSR count). The van der Waals surface area contributed by atoms with E-state index in [0.29, 0.717) is 17.8 Å². The third-order valence-corrected chi connectivity index (χ3v) is 6.47. The van der Waals surface area contributed by atoms with Crippen LogP contribution in [0.15, 0.2) is 77.7 Å². The van der Waals surface area contributed by atoms with Crippen LogP contribution in [0.4, 0.5) is 11.4 Å². The van der Waals surface area contributed by atoms with Gasteiger partial charge in [0.05, 0.1) is 21.9 Å². The van der Waals surface area contributed by atoms with Crippen molar-refractivity contribution in [1.29, 1.82) is 0 Å². The van der Waals surface area contributed by atoms with Gasteiger partial charge in [-0.3, -0.25) is 0 Å². The van der Waals surface area contributed by atoms with Crippen molar-refractivity contribution in [3.63, 3.8) is 0 Å². The lowest BCUT2D eigenvalue weighted by Crippen LogP contribution is -2.29. The van der Waals surface area contributed by atoms with E-state index in [-0.39, 0.29) is 4.90 Å². The lowest BCUT2D eigenvalue weighted by molar-refractivity contribution is 0.0811. The molecule has 0 amide bonds. The Kier molecular flexibility index (Phi) is 5.82. The molecular formula is C24H27NO3S. The van der Waals surface area contributed by atoms with Crippen molar-refractivity contribution in [3.8, 4) is 0 Å². The minimum absolute atomic E-state index is 0.226. The molecule has 0 bridgehead atoms. The maximum Gasteiger partial charge on any atom is 0.268 e. The van der Waals surface area contributed by atoms with Gasteiger partial charge in [0.2, 0.25) is 0 Å². The summed E-state index contributed by atoms with van der Waals surface area (Å²) in [4.78, 5) is 0.226. The van der Waals surface area contributed by atoms with Gasteiger partial charge in [-0.25, -0.2) is 12.7 Å². The van der Waals surface area contributed by atoms with Crippen molar-refractivity contribution in [2.75, 3.05) is 4.31 Å². The van der Waals surface area contributed by atoms with E-state index in [4.69, 9.17) is 0 Å². The van der Waals surface area contributed by atoms with Crippen molar-refractivity contribution in [2.45, 2.75) is 44.6 Å². The van der Waals surface area contributed by atoms with E-state index < -0.39 is 15.6 Å². The average Bonchev–Trinajstić information content (AvgIpc) is 2.64. The van der Waals surface area contributed by atoms with Gasteiger partial charge < -0.3 is 5.11 Å². The van der Waals surface area contributed by atoms with Crippen molar-refractivity contribution in [3.05, 3.63) is 89.5 Å². The third kappa shape index (κ3) is 4.69. The van der Waals surface area contributed by atoms with Crippen LogP contribution in [0.25, 0.3) is 0 Å². The minimum atomic E-state index is -3.87. The highest BCUT2D eigenvalue weighted by Gasteiger charge is 2.30. The molecule has 0 aromatic heterocycles. The smallest absolute Gasteiger partial charge is 0.268 e. The molecular weight excluding hydrogens is 382 g/mol. The predicted octanol–water partition coefficient (Wildman–Crippen LogP) is 5.14. The Bertz CT molecular complexity index is 1100. The van der Waals surface area contributed by atoms with E-state index in [1.807, 2.05) is 56.3 Å². The Hall–Kier alpha value is -2.63. The molecule has 4 nitrogen and oxygen atoms in total. The van der Waals surface area contributed by atoms with Crippen molar-refractivity contribution in [2.24, 2.45) is 0 Å². The second-order valence-electron chi connectivity index (χ2n) is 7.99. The number of anilines is 2. The monoisotopic (exact) mass is 409 g/mol. The number of hydrogen-bond donors (Lipinski definition) is 1. The maximum atomic E-state index is 13.8. The topological polar surface area (TPSA) is 57.6 Å². The maximum absolute atomic E-state index is 13.8. The Labute approximate surface area is 173 Å². The van der Waals surface area contributed by atoms with Gasteiger partial charge in [0.1, 0.15) is 0 Å². The molecule has 0 radical (unpaired) electrons. The summed E-state index contributed by atoms with van der Waals surface area (Å²) in [6.45, 7) is 7.26. The first-order chi connectivity index (χ1) is 13.6. The number of para-hydroxylation sites is 2. The van der Waals surface area contributed by atoms with Gasteiger partial charge in [0, 0.05) is 6.42 Å². The van der Waals surface area contributed by atoms with E-state index in [2.05, 4.69) is 0 Å². The predicted molar refractivity (Wildman–Crippen MR) is 118 cm³/mol. The number of nitrogens with zero attached hydrogens (tertiary/aromatic N) is 1. The zero-order valence-corrected chi connectivity index (χ0v) is 18.1. The third-order valence-electron chi connectivity index (χ3n) is 4.73. The van der Waals surface area contributed by atoms with E-state index >= 15 is 0 Å². The molecule has 3 aromatic rings. The Morgan fingerprint density at radius 3 is 1.97 bits per heavy atom. The van der Waals surface area contributed by atoms with Gasteiger partial charge in [-0.2, -0.15) is 0 Å². The number of rotatable bonds is 6. The van der Waals surface area contributed by atoms with Crippen LogP contribution in [0.1, 0.15) is 30.5 Å². The highest BCUT2D eigenvalue weighted by atomic mass is 32.2. The van der Waals surface area contributed by atoms with Crippen LogP contribution >= 0.6 is 0 Å². The van der Waals surface area contributed by atoms with Gasteiger partial charge >= 0.3 is 0 Å². The summed E-state index contributed by atoms with van der Waals surface area (Å²) in [6, 6.07) is 21.6. The molecule has 3 aromatic carbocycles. The van der Waals surface area contributed by atoms with Crippen LogP contribution in [0.3, 0.4) is 0 Å². The number of hydrogen-bond acceptors (Lipinski definition) is 3. The Morgan fingerprint density at radius 2 is 1.38 bits per heavy atom. The van der Waals surface area contributed by atoms with E-state index in [1.54, 1.807) is 44.2 Å². The summed E-state index contributed by atoms with van der Waals surface area (Å²) < 4.78 is 29.0. The number of aryl methyl sites for hydroxylation is 2. The molecule has 0 unspecified atom stereocenters. The number of aliphatic hydroxyl groups is 1. The SMILES string of the molecule is Cc1ccc(S(=O)(=O)N(c2ccccc2C)c2ccccc2CC(C)(C)O)cc1. The number of benzene rings is 3. The Morgan fingerprint density at radius 1 is 0.828 bits per heavy atom. The molecule has 0 saturated carbocycles. The first-order valence-corrected chi connectivity index (χ1v) is 11.0. The summed E-state index contributed by atoms with van der Waals surface area (Å²) in [5, 5.41) is 10.4. The van der Waals surface area contributed by atoms with Gasteiger partial charge in [-0.15, -0.1) is 0 Å². The fourth-order valence-corrected chi connectivity index (χ4v) is 4.91. The van der Waals surface area contributed by atoms with Crippen molar-refractivity contribution >= 4 is 21.4 Å². The van der Waals surface area contributed by atoms with Crippen LogP contribution in [0.5, 0.6) is 0 Å². The first kappa shape index (κ1) is 21.1. The summed E-state index contributed by atoms with van der Waals surface area (Å²) in [6.07, 6.45) is 0.328. The molecule has 0 aliphatic heterocycles. The molecule has 0 atom stereocenters.